The van der Waals surface area contributed by atoms with E-state index in [-0.39, 0.29) is 5.91 Å². The smallest absolute Gasteiger partial charge is 0.224 e. The molecule has 1 amide bonds. The topological polar surface area (TPSA) is 56.7 Å². The first kappa shape index (κ1) is 18.8. The van der Waals surface area contributed by atoms with E-state index in [2.05, 4.69) is 41.6 Å². The molecule has 0 bridgehead atoms. The van der Waals surface area contributed by atoms with E-state index < -0.39 is 0 Å². The maximum Gasteiger partial charge on any atom is 0.224 e. The van der Waals surface area contributed by atoms with Crippen LogP contribution in [0.4, 0.5) is 0 Å². The van der Waals surface area contributed by atoms with Gasteiger partial charge in [-0.15, -0.1) is 11.3 Å². The van der Waals surface area contributed by atoms with Crippen LogP contribution in [0.3, 0.4) is 0 Å². The number of aryl methyl sites for hydroxylation is 1. The van der Waals surface area contributed by atoms with Crippen LogP contribution in [-0.4, -0.2) is 42.4 Å². The maximum absolute atomic E-state index is 12.4. The normalized spacial score (nSPS) is 18.5. The van der Waals surface area contributed by atoms with Crippen molar-refractivity contribution < 1.29 is 4.79 Å². The van der Waals surface area contributed by atoms with Gasteiger partial charge in [-0.05, 0) is 52.2 Å². The van der Waals surface area contributed by atoms with Gasteiger partial charge in [-0.3, -0.25) is 4.79 Å². The molecule has 1 unspecified atom stereocenters. The Labute approximate surface area is 149 Å². The fourth-order valence-corrected chi connectivity index (χ4v) is 3.78. The molecule has 1 aromatic heterocycles. The number of nitrogens with zero attached hydrogens (tertiary/aromatic N) is 2. The molecular formula is C18H30N4OS. The molecule has 5 nitrogen and oxygen atoms in total. The highest BCUT2D eigenvalue weighted by Crippen LogP contribution is 2.17. The number of carbonyl (C=O) groups excluding carboxylic acids is 1. The number of guanidine groups is 1. The van der Waals surface area contributed by atoms with E-state index in [1.165, 1.54) is 16.2 Å². The van der Waals surface area contributed by atoms with Crippen LogP contribution in [0.25, 0.3) is 0 Å². The zero-order chi connectivity index (χ0) is 17.4. The number of rotatable bonds is 6. The summed E-state index contributed by atoms with van der Waals surface area (Å²) in [6, 6.07) is 4.62. The largest absolute Gasteiger partial charge is 0.357 e. The molecule has 24 heavy (non-hydrogen) atoms. The van der Waals surface area contributed by atoms with Crippen molar-refractivity contribution in [1.29, 1.82) is 0 Å². The van der Waals surface area contributed by atoms with E-state index in [9.17, 15) is 4.79 Å². The van der Waals surface area contributed by atoms with Gasteiger partial charge >= 0.3 is 0 Å². The lowest BCUT2D eigenvalue weighted by molar-refractivity contribution is -0.134. The van der Waals surface area contributed by atoms with Crippen molar-refractivity contribution in [2.45, 2.75) is 59.0 Å². The molecule has 0 radical (unpaired) electrons. The Morgan fingerprint density at radius 1 is 1.38 bits per heavy atom. The van der Waals surface area contributed by atoms with Gasteiger partial charge in [0.25, 0.3) is 0 Å². The van der Waals surface area contributed by atoms with Crippen LogP contribution < -0.4 is 10.6 Å². The van der Waals surface area contributed by atoms with Gasteiger partial charge in [-0.1, -0.05) is 0 Å². The quantitative estimate of drug-likeness (QED) is 0.613. The van der Waals surface area contributed by atoms with Crippen molar-refractivity contribution in [3.63, 3.8) is 0 Å². The molecule has 1 aromatic rings. The van der Waals surface area contributed by atoms with E-state index >= 15 is 0 Å². The van der Waals surface area contributed by atoms with Crippen LogP contribution in [0.5, 0.6) is 0 Å². The predicted octanol–water partition coefficient (Wildman–Crippen LogP) is 2.90. The third-order valence-electron chi connectivity index (χ3n) is 4.29. The van der Waals surface area contributed by atoms with Crippen molar-refractivity contribution in [2.24, 2.45) is 4.99 Å². The summed E-state index contributed by atoms with van der Waals surface area (Å²) < 4.78 is 0. The van der Waals surface area contributed by atoms with E-state index in [1.54, 1.807) is 11.3 Å². The number of carbonyl (C=O) groups is 1. The zero-order valence-electron chi connectivity index (χ0n) is 15.1. The van der Waals surface area contributed by atoms with Gasteiger partial charge in [0.1, 0.15) is 0 Å². The minimum Gasteiger partial charge on any atom is -0.357 e. The third kappa shape index (κ3) is 5.82. The van der Waals surface area contributed by atoms with Crippen LogP contribution in [0.1, 0.15) is 49.3 Å². The summed E-state index contributed by atoms with van der Waals surface area (Å²) in [5.41, 5.74) is 0. The molecule has 1 aliphatic rings. The minimum atomic E-state index is 0.249. The lowest BCUT2D eigenvalue weighted by atomic mass is 10.0. The lowest BCUT2D eigenvalue weighted by Crippen LogP contribution is -2.44. The number of piperidine rings is 1. The summed E-state index contributed by atoms with van der Waals surface area (Å²) in [6.45, 7) is 9.32. The second-order valence-corrected chi connectivity index (χ2v) is 7.69. The molecule has 134 valence electrons. The van der Waals surface area contributed by atoms with Gasteiger partial charge in [0.05, 0.1) is 6.54 Å². The van der Waals surface area contributed by atoms with Crippen molar-refractivity contribution in [2.75, 3.05) is 19.6 Å². The Balaban J connectivity index is 1.79. The molecule has 2 rings (SSSR count). The molecule has 0 aromatic carbocycles. The van der Waals surface area contributed by atoms with Crippen molar-refractivity contribution in [3.8, 4) is 0 Å². The summed E-state index contributed by atoms with van der Waals surface area (Å²) in [4.78, 5) is 21.5. The van der Waals surface area contributed by atoms with E-state index in [0.717, 1.165) is 31.9 Å². The first-order valence-electron chi connectivity index (χ1n) is 8.97. The van der Waals surface area contributed by atoms with Gasteiger partial charge in [0.2, 0.25) is 5.91 Å². The number of hydrogen-bond donors (Lipinski definition) is 2. The van der Waals surface area contributed by atoms with Gasteiger partial charge < -0.3 is 15.5 Å². The number of amides is 1. The molecular weight excluding hydrogens is 320 g/mol. The van der Waals surface area contributed by atoms with Crippen molar-refractivity contribution in [1.82, 2.24) is 15.5 Å². The number of likely N-dealkylation sites (tertiary alicyclic amines) is 1. The summed E-state index contributed by atoms with van der Waals surface area (Å²) >= 11 is 1.77. The third-order valence-corrected chi connectivity index (χ3v) is 5.27. The van der Waals surface area contributed by atoms with Crippen LogP contribution >= 0.6 is 11.3 Å². The number of thiophene rings is 1. The SMILES string of the molecule is CCNC(=NCc1ccc(C)s1)NCCC(=O)N1CCCCC1C. The van der Waals surface area contributed by atoms with Gasteiger partial charge in [-0.2, -0.15) is 0 Å². The van der Waals surface area contributed by atoms with Crippen LogP contribution in [0.15, 0.2) is 17.1 Å². The molecule has 0 saturated carbocycles. The zero-order valence-corrected chi connectivity index (χ0v) is 15.9. The van der Waals surface area contributed by atoms with E-state index in [4.69, 9.17) is 0 Å². The molecule has 2 N–H and O–H groups in total. The van der Waals surface area contributed by atoms with Crippen LogP contribution in [0.2, 0.25) is 0 Å². The Bertz CT molecular complexity index is 555. The van der Waals surface area contributed by atoms with Crippen molar-refractivity contribution >= 4 is 23.2 Å². The Morgan fingerprint density at radius 3 is 2.88 bits per heavy atom. The molecule has 1 fully saturated rings. The van der Waals surface area contributed by atoms with Gasteiger partial charge in [0, 0.05) is 41.9 Å². The van der Waals surface area contributed by atoms with Crippen molar-refractivity contribution in [3.05, 3.63) is 21.9 Å². The summed E-state index contributed by atoms with van der Waals surface area (Å²) in [5, 5.41) is 6.52. The van der Waals surface area contributed by atoms with E-state index in [1.807, 2.05) is 11.8 Å². The first-order chi connectivity index (χ1) is 11.6. The first-order valence-corrected chi connectivity index (χ1v) is 9.78. The molecule has 0 aliphatic carbocycles. The average molecular weight is 351 g/mol. The standard InChI is InChI=1S/C18H30N4OS/c1-4-19-18(21-13-16-9-8-15(3)24-16)20-11-10-17(23)22-12-6-5-7-14(22)2/h8-9,14H,4-7,10-13H2,1-3H3,(H2,19,20,21). The lowest BCUT2D eigenvalue weighted by Gasteiger charge is -2.33. The molecule has 1 atom stereocenters. The Morgan fingerprint density at radius 2 is 2.21 bits per heavy atom. The maximum atomic E-state index is 12.4. The monoisotopic (exact) mass is 350 g/mol. The average Bonchev–Trinajstić information content (AvgIpc) is 2.98. The van der Waals surface area contributed by atoms with E-state index in [0.29, 0.717) is 25.6 Å². The molecule has 2 heterocycles. The highest BCUT2D eigenvalue weighted by atomic mass is 32.1. The Kier molecular flexibility index (Phi) is 7.56. The summed E-state index contributed by atoms with van der Waals surface area (Å²) in [7, 11) is 0. The molecule has 1 saturated heterocycles. The van der Waals surface area contributed by atoms with Gasteiger partial charge in [-0.25, -0.2) is 4.99 Å². The highest BCUT2D eigenvalue weighted by Gasteiger charge is 2.22. The highest BCUT2D eigenvalue weighted by molar-refractivity contribution is 7.11. The number of nitrogens with one attached hydrogen (secondary N) is 2. The van der Waals surface area contributed by atoms with Crippen LogP contribution in [0, 0.1) is 6.92 Å². The summed E-state index contributed by atoms with van der Waals surface area (Å²) in [6.07, 6.45) is 4.02. The Hall–Kier alpha value is -1.56. The molecule has 6 heteroatoms. The molecule has 1 aliphatic heterocycles. The summed E-state index contributed by atoms with van der Waals surface area (Å²) in [5.74, 6) is 1.03. The molecule has 0 spiro atoms. The fourth-order valence-electron chi connectivity index (χ4n) is 2.97. The van der Waals surface area contributed by atoms with Gasteiger partial charge in [0.15, 0.2) is 5.96 Å². The predicted molar refractivity (Wildman–Crippen MR) is 102 cm³/mol. The fraction of sp³-hybridized carbons (Fsp3) is 0.667. The number of aliphatic imine (C=N–C) groups is 1. The van der Waals surface area contributed by atoms with Crippen LogP contribution in [-0.2, 0) is 11.3 Å². The second-order valence-electron chi connectivity index (χ2n) is 6.32. The second kappa shape index (κ2) is 9.67. The minimum absolute atomic E-state index is 0.249. The number of hydrogen-bond acceptors (Lipinski definition) is 3.